The van der Waals surface area contributed by atoms with E-state index >= 15 is 0 Å². The number of amides is 10. The van der Waals surface area contributed by atoms with Crippen molar-refractivity contribution in [3.63, 3.8) is 0 Å². The largest absolute Gasteiger partial charge is 0.491 e. The molecular formula is C55H71N11O15. The summed E-state index contributed by atoms with van der Waals surface area (Å²) in [6.45, 7) is 5.46. The Balaban J connectivity index is 0.907. The molecule has 0 radical (unpaired) electrons. The van der Waals surface area contributed by atoms with Crippen molar-refractivity contribution in [2.45, 2.75) is 129 Å². The topological polar surface area (TPSA) is 350 Å². The fourth-order valence-electron chi connectivity index (χ4n) is 8.97. The minimum absolute atomic E-state index is 0.0496. The normalized spacial score (nSPS) is 14.0. The van der Waals surface area contributed by atoms with Crippen molar-refractivity contribution >= 4 is 64.9 Å². The number of fused-ring (bicyclic) bond motifs is 2. The van der Waals surface area contributed by atoms with Gasteiger partial charge >= 0.3 is 12.0 Å². The van der Waals surface area contributed by atoms with Crippen molar-refractivity contribution in [3.8, 4) is 23.3 Å². The summed E-state index contributed by atoms with van der Waals surface area (Å²) in [6, 6.07) is 7.42. The van der Waals surface area contributed by atoms with E-state index < -0.39 is 35.9 Å². The van der Waals surface area contributed by atoms with Crippen LogP contribution in [0, 0.1) is 5.92 Å². The van der Waals surface area contributed by atoms with Gasteiger partial charge in [-0.3, -0.25) is 48.1 Å². The first-order valence-electron chi connectivity index (χ1n) is 26.8. The fraction of sp³-hybridized carbons (Fsp3) is 0.491. The number of nitrogens with two attached hydrogens (primary N) is 1. The number of carbonyl (C=O) groups excluding carboxylic acids is 9. The number of ether oxygens (including phenoxy) is 4. The van der Waals surface area contributed by atoms with Gasteiger partial charge in [-0.1, -0.05) is 32.4 Å². The minimum atomic E-state index is -1.06. The van der Waals surface area contributed by atoms with Crippen LogP contribution in [0.5, 0.6) is 23.3 Å². The molecule has 0 spiro atoms. The van der Waals surface area contributed by atoms with Gasteiger partial charge in [0.05, 0.1) is 58.3 Å². The summed E-state index contributed by atoms with van der Waals surface area (Å²) in [5, 5.41) is 22.5. The van der Waals surface area contributed by atoms with Crippen LogP contribution in [-0.2, 0) is 75.9 Å². The molecule has 26 nitrogen and oxygen atoms in total. The zero-order chi connectivity index (χ0) is 58.6. The van der Waals surface area contributed by atoms with Crippen molar-refractivity contribution in [3.05, 3.63) is 76.6 Å². The number of carboxylic acid groups (broad SMARTS) is 1. The molecule has 5 heterocycles. The minimum Gasteiger partial charge on any atom is -0.491 e. The summed E-state index contributed by atoms with van der Waals surface area (Å²) in [4.78, 5) is 138. The van der Waals surface area contributed by atoms with Gasteiger partial charge in [0.25, 0.3) is 23.6 Å². The van der Waals surface area contributed by atoms with E-state index in [4.69, 9.17) is 29.8 Å². The van der Waals surface area contributed by atoms with Crippen molar-refractivity contribution in [1.82, 2.24) is 45.9 Å². The number of unbranched alkanes of at least 4 members (excludes halogenated alkanes) is 2. The van der Waals surface area contributed by atoms with E-state index in [1.165, 1.54) is 26.4 Å². The second kappa shape index (κ2) is 29.9. The lowest BCUT2D eigenvalue weighted by Crippen LogP contribution is -2.54. The number of carbonyl (C=O) groups is 10. The molecule has 6 rings (SSSR count). The molecule has 1 aromatic carbocycles. The molecule has 3 aliphatic rings. The van der Waals surface area contributed by atoms with Crippen LogP contribution in [0.2, 0.25) is 0 Å². The average Bonchev–Trinajstić information content (AvgIpc) is 4.40. The molecule has 3 aromatic rings. The molecule has 81 heavy (non-hydrogen) atoms. The van der Waals surface area contributed by atoms with Crippen LogP contribution >= 0.6 is 0 Å². The van der Waals surface area contributed by atoms with Gasteiger partial charge < -0.3 is 66.2 Å². The Bertz CT molecular complexity index is 2830. The van der Waals surface area contributed by atoms with Crippen LogP contribution in [-0.4, -0.2) is 142 Å². The molecule has 0 saturated carbocycles. The lowest BCUT2D eigenvalue weighted by atomic mass is 10.0. The van der Waals surface area contributed by atoms with Gasteiger partial charge in [0.2, 0.25) is 35.4 Å². The zero-order valence-electron chi connectivity index (χ0n) is 46.0. The van der Waals surface area contributed by atoms with Gasteiger partial charge in [-0.15, -0.1) is 0 Å². The number of nitrogens with one attached hydrogen (secondary N) is 5. The summed E-state index contributed by atoms with van der Waals surface area (Å²) in [6.07, 6.45) is 4.45. The Morgan fingerprint density at radius 3 is 1.79 bits per heavy atom. The molecule has 0 unspecified atom stereocenters. The molecule has 2 aromatic heterocycles. The molecular weight excluding hydrogens is 1050 g/mol. The maximum atomic E-state index is 13.6. The van der Waals surface area contributed by atoms with Crippen molar-refractivity contribution in [2.75, 3.05) is 45.8 Å². The highest BCUT2D eigenvalue weighted by Gasteiger charge is 2.31. The van der Waals surface area contributed by atoms with Gasteiger partial charge in [-0.05, 0) is 72.6 Å². The Morgan fingerprint density at radius 2 is 1.25 bits per heavy atom. The van der Waals surface area contributed by atoms with E-state index in [2.05, 4.69) is 36.6 Å². The maximum absolute atomic E-state index is 13.6. The zero-order valence-corrected chi connectivity index (χ0v) is 46.0. The number of methoxy groups -OCH3 is 2. The molecule has 436 valence electrons. The van der Waals surface area contributed by atoms with Gasteiger partial charge in [-0.25, -0.2) is 14.8 Å². The molecule has 26 heteroatoms. The van der Waals surface area contributed by atoms with Crippen LogP contribution in [0.25, 0.3) is 0 Å². The predicted octanol–water partition coefficient (Wildman–Crippen LogP) is 2.49. The lowest BCUT2D eigenvalue weighted by molar-refractivity contribution is -0.141. The number of hydrogen-bond acceptors (Lipinski definition) is 16. The van der Waals surface area contributed by atoms with Gasteiger partial charge in [-0.2, -0.15) is 0 Å². The van der Waals surface area contributed by atoms with Gasteiger partial charge in [0.15, 0.2) is 11.5 Å². The van der Waals surface area contributed by atoms with Crippen LogP contribution in [0.4, 0.5) is 10.5 Å². The third kappa shape index (κ3) is 18.4. The highest BCUT2D eigenvalue weighted by atomic mass is 16.5. The van der Waals surface area contributed by atoms with Crippen molar-refractivity contribution in [2.24, 2.45) is 11.7 Å². The van der Waals surface area contributed by atoms with Gasteiger partial charge in [0, 0.05) is 82.7 Å². The highest BCUT2D eigenvalue weighted by molar-refractivity contribution is 6.12. The highest BCUT2D eigenvalue weighted by Crippen LogP contribution is 2.34. The number of hydrogen-bond donors (Lipinski definition) is 7. The molecule has 0 bridgehead atoms. The number of carboxylic acids is 1. The maximum Gasteiger partial charge on any atom is 0.312 e. The number of benzene rings is 1. The smallest absolute Gasteiger partial charge is 0.312 e. The number of pyridine rings is 2. The van der Waals surface area contributed by atoms with Crippen molar-refractivity contribution in [1.29, 1.82) is 0 Å². The first-order chi connectivity index (χ1) is 38.8. The summed E-state index contributed by atoms with van der Waals surface area (Å²) < 4.78 is 22.9. The number of aliphatic carboxylic acids is 1. The number of rotatable bonds is 32. The van der Waals surface area contributed by atoms with Gasteiger partial charge in [0.1, 0.15) is 12.1 Å². The van der Waals surface area contributed by atoms with Crippen LogP contribution < -0.4 is 51.3 Å². The number of imide groups is 1. The monoisotopic (exact) mass is 1130 g/mol. The molecule has 0 saturated heterocycles. The summed E-state index contributed by atoms with van der Waals surface area (Å²) in [5.41, 5.74) is 9.15. The molecule has 2 atom stereocenters. The quantitative estimate of drug-likeness (QED) is 0.0349. The van der Waals surface area contributed by atoms with Crippen molar-refractivity contribution < 1.29 is 72.0 Å². The number of urea groups is 1. The predicted molar refractivity (Wildman–Crippen MR) is 289 cm³/mol. The SMILES string of the molecule is COc1cc2c(nc1OCCCOc1nc3c(cc1OC)CN(C(=O)CCC(=O)NCc1ccc(NC(=O)[C@H](CCCNC(N)=O)NC(=O)[C@@H](NC(=O)CCCCCN4C(=O)C=CC4=O)C(C)C)cc1)C3)CN(C(=O)CCC(=O)O)C2. The van der Waals surface area contributed by atoms with E-state index in [1.54, 1.807) is 60.0 Å². The summed E-state index contributed by atoms with van der Waals surface area (Å²) >= 11 is 0. The van der Waals surface area contributed by atoms with E-state index in [0.717, 1.165) is 16.0 Å². The number of nitrogens with zero attached hydrogens (tertiary/aromatic N) is 5. The Kier molecular flexibility index (Phi) is 22.7. The second-order valence-electron chi connectivity index (χ2n) is 19.9. The number of primary amides is 1. The molecule has 10 amide bonds. The first-order valence-corrected chi connectivity index (χ1v) is 26.8. The first kappa shape index (κ1) is 61.4. The molecule has 8 N–H and O–H groups in total. The molecule has 0 fully saturated rings. The Hall–Kier alpha value is -8.84. The second-order valence-corrected chi connectivity index (χ2v) is 19.9. The van der Waals surface area contributed by atoms with E-state index in [-0.39, 0.29) is 151 Å². The van der Waals surface area contributed by atoms with E-state index in [0.29, 0.717) is 66.4 Å². The van der Waals surface area contributed by atoms with Crippen LogP contribution in [0.1, 0.15) is 113 Å². The summed E-state index contributed by atoms with van der Waals surface area (Å²) in [7, 11) is 2.97. The fourth-order valence-corrected chi connectivity index (χ4v) is 8.97. The van der Waals surface area contributed by atoms with Crippen LogP contribution in [0.3, 0.4) is 0 Å². The lowest BCUT2D eigenvalue weighted by Gasteiger charge is -2.25. The number of anilines is 1. The third-order valence-corrected chi connectivity index (χ3v) is 13.4. The Morgan fingerprint density at radius 1 is 0.667 bits per heavy atom. The van der Waals surface area contributed by atoms with E-state index in [9.17, 15) is 47.9 Å². The third-order valence-electron chi connectivity index (χ3n) is 13.4. The molecule has 3 aliphatic heterocycles. The Labute approximate surface area is 468 Å². The molecule has 0 aliphatic carbocycles. The van der Waals surface area contributed by atoms with E-state index in [1.807, 2.05) is 0 Å². The standard InChI is InChI=1S/C55H71N11O15/c1-33(2)50(63-44(68)11-6-5-7-23-66-47(71)18-19-48(66)72)52(76)60-38(10-8-22-57-55(56)77)51(75)59-37-14-12-34(13-15-37)28-58-43(67)16-17-45(69)64-29-35-26-41(78-3)53(61-39(35)31-64)80-24-9-25-81-54-42(79-4)27-36-30-65(32-40(36)62-54)46(70)20-21-49(73)74/h12-15,18-19,26-27,33,38,50H,5-11,16-17,20-25,28-32H2,1-4H3,(H,58,67)(H,59,75)(H,60,76)(H,63,68)(H,73,74)(H3,56,57,77)/t38-,50-/m0/s1. The summed E-state index contributed by atoms with van der Waals surface area (Å²) in [5.74, 6) is -3.21. The van der Waals surface area contributed by atoms with Crippen LogP contribution in [0.15, 0.2) is 48.6 Å². The number of aromatic nitrogens is 2. The average molecular weight is 1130 g/mol.